The quantitative estimate of drug-likeness (QED) is 0.184. The van der Waals surface area contributed by atoms with Crippen LogP contribution in [0.2, 0.25) is 0 Å². The molecule has 186 valence electrons. The number of alkyl carbamates (subject to hydrolysis) is 1. The van der Waals surface area contributed by atoms with Gasteiger partial charge in [-0.3, -0.25) is 14.5 Å². The Kier molecular flexibility index (Phi) is 11.3. The van der Waals surface area contributed by atoms with Crippen molar-refractivity contribution < 1.29 is 54.1 Å². The fourth-order valence-corrected chi connectivity index (χ4v) is 2.90. The van der Waals surface area contributed by atoms with Crippen molar-refractivity contribution in [3.8, 4) is 0 Å². The van der Waals surface area contributed by atoms with Crippen LogP contribution in [0.15, 0.2) is 0 Å². The number of amides is 1. The summed E-state index contributed by atoms with van der Waals surface area (Å²) < 4.78 is 16.0. The highest BCUT2D eigenvalue weighted by molar-refractivity contribution is 5.68. The summed E-state index contributed by atoms with van der Waals surface area (Å²) in [4.78, 5) is 34.8. The van der Waals surface area contributed by atoms with Crippen LogP contribution < -0.4 is 5.32 Å². The number of nitrogens with one attached hydrogen (secondary N) is 1. The zero-order valence-corrected chi connectivity index (χ0v) is 18.5. The number of nitrogens with zero attached hydrogens (tertiary/aromatic N) is 1. The Labute approximate surface area is 185 Å². The monoisotopic (exact) mass is 466 g/mol. The van der Waals surface area contributed by atoms with Gasteiger partial charge in [-0.25, -0.2) is 4.79 Å². The van der Waals surface area contributed by atoms with Crippen molar-refractivity contribution in [3.63, 3.8) is 0 Å². The predicted octanol–water partition coefficient (Wildman–Crippen LogP) is -1.41. The van der Waals surface area contributed by atoms with E-state index in [1.54, 1.807) is 20.8 Å². The summed E-state index contributed by atoms with van der Waals surface area (Å²) in [6.45, 7) is 4.95. The fraction of sp³-hybridized carbons (Fsp3) is 0.842. The van der Waals surface area contributed by atoms with Crippen LogP contribution >= 0.6 is 0 Å². The van der Waals surface area contributed by atoms with Gasteiger partial charge < -0.3 is 45.1 Å². The lowest BCUT2D eigenvalue weighted by Gasteiger charge is -2.41. The predicted molar refractivity (Wildman–Crippen MR) is 108 cm³/mol. The number of aliphatic hydroxyl groups excluding tert-OH is 3. The molecule has 0 aromatic rings. The van der Waals surface area contributed by atoms with Crippen LogP contribution in [0, 0.1) is 0 Å². The molecule has 0 aliphatic carbocycles. The summed E-state index contributed by atoms with van der Waals surface area (Å²) >= 11 is 0. The molecule has 1 rings (SSSR count). The van der Waals surface area contributed by atoms with E-state index < -0.39 is 54.3 Å². The first-order chi connectivity index (χ1) is 14.8. The largest absolute Gasteiger partial charge is 0.481 e. The fourth-order valence-electron chi connectivity index (χ4n) is 2.90. The molecule has 1 aliphatic rings. The van der Waals surface area contributed by atoms with Crippen LogP contribution in [0.3, 0.4) is 0 Å². The van der Waals surface area contributed by atoms with Gasteiger partial charge in [-0.15, -0.1) is 0 Å². The third-order valence-corrected chi connectivity index (χ3v) is 4.44. The standard InChI is InChI=1S/C19H34N2O11/c1-19(2,3)32-18(29)20-6-9-30-17-16(28)15(27)14(26)11(31-17)10-21(7-4-12(22)23)8-5-13(24)25/h11,14-17,26-28H,4-10H2,1-3H3,(H,20,29)(H,22,23)(H,24,25)/t11-,14-,15+,16-,17-/m1/s1. The van der Waals surface area contributed by atoms with Crippen molar-refractivity contribution in [2.24, 2.45) is 0 Å². The summed E-state index contributed by atoms with van der Waals surface area (Å²) in [6.07, 6.45) is -8.30. The number of ether oxygens (including phenoxy) is 3. The molecular weight excluding hydrogens is 432 g/mol. The molecule has 0 saturated carbocycles. The molecule has 32 heavy (non-hydrogen) atoms. The smallest absolute Gasteiger partial charge is 0.407 e. The van der Waals surface area contributed by atoms with E-state index in [1.165, 1.54) is 4.90 Å². The maximum atomic E-state index is 11.6. The van der Waals surface area contributed by atoms with Gasteiger partial charge in [0.25, 0.3) is 0 Å². The average Bonchev–Trinajstić information content (AvgIpc) is 2.66. The minimum atomic E-state index is -1.61. The third-order valence-electron chi connectivity index (χ3n) is 4.44. The molecule has 13 nitrogen and oxygen atoms in total. The van der Waals surface area contributed by atoms with E-state index in [2.05, 4.69) is 5.32 Å². The molecule has 1 saturated heterocycles. The lowest BCUT2D eigenvalue weighted by atomic mass is 9.98. The second-order valence-electron chi connectivity index (χ2n) is 8.40. The lowest BCUT2D eigenvalue weighted by Crippen LogP contribution is -2.61. The van der Waals surface area contributed by atoms with Crippen molar-refractivity contribution in [2.75, 3.05) is 32.8 Å². The molecule has 1 aliphatic heterocycles. The minimum absolute atomic E-state index is 0.000819. The second kappa shape index (κ2) is 12.9. The Hall–Kier alpha value is -2.03. The molecule has 0 radical (unpaired) electrons. The molecule has 0 unspecified atom stereocenters. The van der Waals surface area contributed by atoms with Crippen LogP contribution in [0.5, 0.6) is 0 Å². The lowest BCUT2D eigenvalue weighted by molar-refractivity contribution is -0.297. The van der Waals surface area contributed by atoms with E-state index in [1.807, 2.05) is 0 Å². The van der Waals surface area contributed by atoms with Crippen LogP contribution in [-0.2, 0) is 23.8 Å². The number of carboxylic acid groups (broad SMARTS) is 2. The van der Waals surface area contributed by atoms with Crippen molar-refractivity contribution in [1.29, 1.82) is 0 Å². The first-order valence-corrected chi connectivity index (χ1v) is 10.2. The van der Waals surface area contributed by atoms with Crippen LogP contribution in [0.4, 0.5) is 4.79 Å². The Morgan fingerprint density at radius 1 is 0.969 bits per heavy atom. The van der Waals surface area contributed by atoms with Crippen LogP contribution in [-0.4, -0.2) is 118 Å². The van der Waals surface area contributed by atoms with Gasteiger partial charge in [0.05, 0.1) is 19.4 Å². The van der Waals surface area contributed by atoms with Crippen molar-refractivity contribution >= 4 is 18.0 Å². The van der Waals surface area contributed by atoms with Gasteiger partial charge in [0.1, 0.15) is 30.0 Å². The normalized spacial score (nSPS) is 26.0. The molecular formula is C19H34N2O11. The van der Waals surface area contributed by atoms with Gasteiger partial charge in [-0.05, 0) is 20.8 Å². The zero-order chi connectivity index (χ0) is 24.5. The molecule has 0 bridgehead atoms. The zero-order valence-electron chi connectivity index (χ0n) is 18.5. The number of aliphatic hydroxyl groups is 3. The van der Waals surface area contributed by atoms with Gasteiger partial charge in [-0.2, -0.15) is 0 Å². The number of rotatable bonds is 12. The average molecular weight is 466 g/mol. The highest BCUT2D eigenvalue weighted by Crippen LogP contribution is 2.23. The van der Waals surface area contributed by atoms with E-state index in [0.717, 1.165) is 0 Å². The first kappa shape index (κ1) is 28.0. The van der Waals surface area contributed by atoms with E-state index >= 15 is 0 Å². The van der Waals surface area contributed by atoms with E-state index in [4.69, 9.17) is 24.4 Å². The molecule has 0 aromatic carbocycles. The van der Waals surface area contributed by atoms with Gasteiger partial charge in [0.2, 0.25) is 0 Å². The summed E-state index contributed by atoms with van der Waals surface area (Å²) in [5.41, 5.74) is -0.672. The van der Waals surface area contributed by atoms with Gasteiger partial charge >= 0.3 is 18.0 Å². The van der Waals surface area contributed by atoms with E-state index in [-0.39, 0.29) is 45.6 Å². The van der Waals surface area contributed by atoms with Crippen molar-refractivity contribution in [1.82, 2.24) is 10.2 Å². The molecule has 6 N–H and O–H groups in total. The molecule has 1 amide bonds. The summed E-state index contributed by atoms with van der Waals surface area (Å²) in [7, 11) is 0. The highest BCUT2D eigenvalue weighted by atomic mass is 16.7. The minimum Gasteiger partial charge on any atom is -0.481 e. The number of carbonyl (C=O) groups is 3. The highest BCUT2D eigenvalue weighted by Gasteiger charge is 2.44. The van der Waals surface area contributed by atoms with Crippen LogP contribution in [0.25, 0.3) is 0 Å². The summed E-state index contributed by atoms with van der Waals surface area (Å²) in [5.74, 6) is -2.16. The van der Waals surface area contributed by atoms with Gasteiger partial charge in [-0.1, -0.05) is 0 Å². The third kappa shape index (κ3) is 10.5. The number of carbonyl (C=O) groups excluding carboxylic acids is 1. The molecule has 1 fully saturated rings. The number of hydrogen-bond donors (Lipinski definition) is 6. The number of aliphatic carboxylic acids is 2. The number of hydrogen-bond acceptors (Lipinski definition) is 10. The maximum absolute atomic E-state index is 11.6. The van der Waals surface area contributed by atoms with Gasteiger partial charge in [0.15, 0.2) is 6.29 Å². The summed E-state index contributed by atoms with van der Waals surface area (Å²) in [5, 5.41) is 50.8. The molecule has 1 heterocycles. The second-order valence-corrected chi connectivity index (χ2v) is 8.40. The molecule has 5 atom stereocenters. The molecule has 0 aromatic heterocycles. The number of carboxylic acids is 2. The van der Waals surface area contributed by atoms with Crippen LogP contribution in [0.1, 0.15) is 33.6 Å². The van der Waals surface area contributed by atoms with E-state index in [9.17, 15) is 29.7 Å². The Morgan fingerprint density at radius 3 is 2.03 bits per heavy atom. The Balaban J connectivity index is 2.64. The maximum Gasteiger partial charge on any atom is 0.407 e. The first-order valence-electron chi connectivity index (χ1n) is 10.2. The molecule has 0 spiro atoms. The topological polar surface area (TPSA) is 195 Å². The Morgan fingerprint density at radius 2 is 1.53 bits per heavy atom. The summed E-state index contributed by atoms with van der Waals surface area (Å²) in [6, 6.07) is 0. The Bertz CT molecular complexity index is 607. The SMILES string of the molecule is CC(C)(C)OC(=O)NCCO[C@@H]1O[C@H](CN(CCC(=O)O)CCC(=O)O)[C@@H](O)[C@H](O)[C@H]1O. The van der Waals surface area contributed by atoms with E-state index in [0.29, 0.717) is 0 Å². The van der Waals surface area contributed by atoms with Crippen molar-refractivity contribution in [2.45, 2.75) is 69.9 Å². The molecule has 13 heteroatoms. The van der Waals surface area contributed by atoms with Gasteiger partial charge in [0, 0.05) is 26.2 Å². The van der Waals surface area contributed by atoms with Crippen molar-refractivity contribution in [3.05, 3.63) is 0 Å².